The number of hydrogen-bond donors (Lipinski definition) is 2. The van der Waals surface area contributed by atoms with Gasteiger partial charge in [0.05, 0.1) is 0 Å². The normalized spacial score (nSPS) is 10.3. The molecule has 23 heavy (non-hydrogen) atoms. The van der Waals surface area contributed by atoms with E-state index in [-0.39, 0.29) is 0 Å². The van der Waals surface area contributed by atoms with Gasteiger partial charge in [-0.2, -0.15) is 0 Å². The summed E-state index contributed by atoms with van der Waals surface area (Å²) in [7, 11) is 0. The van der Waals surface area contributed by atoms with Crippen LogP contribution in [0.3, 0.4) is 0 Å². The molecule has 0 fully saturated rings. The zero-order valence-corrected chi connectivity index (χ0v) is 12.0. The molecule has 0 radical (unpaired) electrons. The first-order valence-corrected chi connectivity index (χ1v) is 6.87. The first-order valence-electron chi connectivity index (χ1n) is 6.87. The summed E-state index contributed by atoms with van der Waals surface area (Å²) in [5, 5.41) is 6.06. The Balaban J connectivity index is 1.68. The molecule has 0 atom stereocenters. The van der Waals surface area contributed by atoms with Crippen molar-refractivity contribution in [3.63, 3.8) is 0 Å². The molecule has 2 heterocycles. The summed E-state index contributed by atoms with van der Waals surface area (Å²) >= 11 is 0. The molecular formula is C16H13F2N5. The molecule has 5 nitrogen and oxygen atoms in total. The van der Waals surface area contributed by atoms with E-state index >= 15 is 0 Å². The lowest BCUT2D eigenvalue weighted by Crippen LogP contribution is -2.03. The summed E-state index contributed by atoms with van der Waals surface area (Å²) in [6, 6.07) is 9.04. The van der Waals surface area contributed by atoms with E-state index in [0.29, 0.717) is 23.9 Å². The summed E-state index contributed by atoms with van der Waals surface area (Å²) in [4.78, 5) is 12.1. The zero-order chi connectivity index (χ0) is 16.1. The average molecular weight is 313 g/mol. The predicted octanol–water partition coefficient (Wildman–Crippen LogP) is 3.51. The fourth-order valence-corrected chi connectivity index (χ4v) is 1.94. The Labute approximate surface area is 131 Å². The lowest BCUT2D eigenvalue weighted by Gasteiger charge is -2.09. The Morgan fingerprint density at radius 3 is 2.43 bits per heavy atom. The van der Waals surface area contributed by atoms with Crippen molar-refractivity contribution < 1.29 is 8.78 Å². The smallest absolute Gasteiger partial charge is 0.160 e. The van der Waals surface area contributed by atoms with Crippen LogP contribution >= 0.6 is 0 Å². The van der Waals surface area contributed by atoms with E-state index in [9.17, 15) is 8.78 Å². The van der Waals surface area contributed by atoms with Gasteiger partial charge in [-0.3, -0.25) is 4.98 Å². The third-order valence-corrected chi connectivity index (χ3v) is 3.08. The van der Waals surface area contributed by atoms with Crippen molar-refractivity contribution >= 4 is 17.3 Å². The van der Waals surface area contributed by atoms with Gasteiger partial charge < -0.3 is 10.6 Å². The monoisotopic (exact) mass is 313 g/mol. The van der Waals surface area contributed by atoms with Gasteiger partial charge in [-0.05, 0) is 29.8 Å². The first-order chi connectivity index (χ1) is 11.2. The topological polar surface area (TPSA) is 62.7 Å². The number of rotatable bonds is 5. The minimum atomic E-state index is -0.917. The maximum atomic E-state index is 13.2. The van der Waals surface area contributed by atoms with Crippen molar-refractivity contribution in [1.29, 1.82) is 0 Å². The molecule has 0 unspecified atom stereocenters. The van der Waals surface area contributed by atoms with Gasteiger partial charge in [0.2, 0.25) is 0 Å². The second-order valence-electron chi connectivity index (χ2n) is 4.75. The lowest BCUT2D eigenvalue weighted by atomic mass is 10.3. The molecule has 0 saturated carbocycles. The third-order valence-electron chi connectivity index (χ3n) is 3.08. The highest BCUT2D eigenvalue weighted by Crippen LogP contribution is 2.18. The molecule has 0 bridgehead atoms. The van der Waals surface area contributed by atoms with E-state index in [0.717, 1.165) is 17.7 Å². The SMILES string of the molecule is Fc1ccc(Nc2cc(NCc3ccncc3)ncn2)cc1F. The predicted molar refractivity (Wildman–Crippen MR) is 83.2 cm³/mol. The van der Waals surface area contributed by atoms with Crippen LogP contribution in [0, 0.1) is 11.6 Å². The van der Waals surface area contributed by atoms with Crippen LogP contribution in [0.25, 0.3) is 0 Å². The third kappa shape index (κ3) is 3.97. The number of anilines is 3. The largest absolute Gasteiger partial charge is 0.366 e. The molecule has 7 heteroatoms. The van der Waals surface area contributed by atoms with Crippen molar-refractivity contribution in [2.45, 2.75) is 6.54 Å². The van der Waals surface area contributed by atoms with E-state index in [4.69, 9.17) is 0 Å². The van der Waals surface area contributed by atoms with Crippen LogP contribution in [0.2, 0.25) is 0 Å². The molecule has 1 aromatic carbocycles. The molecule has 0 aliphatic heterocycles. The fraction of sp³-hybridized carbons (Fsp3) is 0.0625. The van der Waals surface area contributed by atoms with Crippen LogP contribution in [-0.2, 0) is 6.54 Å². The number of aromatic nitrogens is 3. The minimum absolute atomic E-state index is 0.405. The number of halogens is 2. The van der Waals surface area contributed by atoms with Crippen molar-refractivity contribution in [2.75, 3.05) is 10.6 Å². The van der Waals surface area contributed by atoms with Gasteiger partial charge in [0.15, 0.2) is 11.6 Å². The van der Waals surface area contributed by atoms with Crippen molar-refractivity contribution in [3.8, 4) is 0 Å². The van der Waals surface area contributed by atoms with Gasteiger partial charge in [0.1, 0.15) is 18.0 Å². The number of nitrogens with zero attached hydrogens (tertiary/aromatic N) is 3. The molecule has 0 aliphatic rings. The van der Waals surface area contributed by atoms with E-state index in [1.807, 2.05) is 12.1 Å². The second kappa shape index (κ2) is 6.78. The maximum absolute atomic E-state index is 13.2. The van der Waals surface area contributed by atoms with Crippen molar-refractivity contribution in [2.24, 2.45) is 0 Å². The Kier molecular flexibility index (Phi) is 4.37. The highest BCUT2D eigenvalue weighted by molar-refractivity contribution is 5.58. The number of nitrogens with one attached hydrogen (secondary N) is 2. The fourth-order valence-electron chi connectivity index (χ4n) is 1.94. The van der Waals surface area contributed by atoms with Crippen LogP contribution < -0.4 is 10.6 Å². The molecule has 0 amide bonds. The lowest BCUT2D eigenvalue weighted by molar-refractivity contribution is 0.509. The second-order valence-corrected chi connectivity index (χ2v) is 4.75. The highest BCUT2D eigenvalue weighted by Gasteiger charge is 2.04. The quantitative estimate of drug-likeness (QED) is 0.755. The summed E-state index contributed by atoms with van der Waals surface area (Å²) in [5.74, 6) is -0.719. The van der Waals surface area contributed by atoms with E-state index in [1.54, 1.807) is 18.5 Å². The number of benzene rings is 1. The molecule has 3 aromatic rings. The van der Waals surface area contributed by atoms with Crippen LogP contribution in [0.5, 0.6) is 0 Å². The van der Waals surface area contributed by atoms with Crippen molar-refractivity contribution in [1.82, 2.24) is 15.0 Å². The van der Waals surface area contributed by atoms with Gasteiger partial charge >= 0.3 is 0 Å². The molecule has 116 valence electrons. The van der Waals surface area contributed by atoms with Crippen LogP contribution in [-0.4, -0.2) is 15.0 Å². The Morgan fingerprint density at radius 2 is 1.65 bits per heavy atom. The Bertz CT molecular complexity index is 795. The molecule has 3 rings (SSSR count). The summed E-state index contributed by atoms with van der Waals surface area (Å²) < 4.78 is 26.1. The molecular weight excluding hydrogens is 300 g/mol. The summed E-state index contributed by atoms with van der Waals surface area (Å²) in [5.41, 5.74) is 1.47. The molecule has 0 aliphatic carbocycles. The molecule has 0 spiro atoms. The van der Waals surface area contributed by atoms with Crippen LogP contribution in [0.1, 0.15) is 5.56 Å². The van der Waals surface area contributed by atoms with Gasteiger partial charge in [-0.1, -0.05) is 0 Å². The number of pyridine rings is 1. The zero-order valence-electron chi connectivity index (χ0n) is 12.0. The molecule has 2 N–H and O–H groups in total. The van der Waals surface area contributed by atoms with Crippen molar-refractivity contribution in [3.05, 3.63) is 72.3 Å². The maximum Gasteiger partial charge on any atom is 0.160 e. The minimum Gasteiger partial charge on any atom is -0.366 e. The van der Waals surface area contributed by atoms with E-state index in [2.05, 4.69) is 25.6 Å². The van der Waals surface area contributed by atoms with Gasteiger partial charge in [0, 0.05) is 36.8 Å². The Morgan fingerprint density at radius 1 is 0.870 bits per heavy atom. The first kappa shape index (κ1) is 14.8. The summed E-state index contributed by atoms with van der Waals surface area (Å²) in [6.07, 6.45) is 4.82. The van der Waals surface area contributed by atoms with Gasteiger partial charge in [0.25, 0.3) is 0 Å². The summed E-state index contributed by atoms with van der Waals surface area (Å²) in [6.45, 7) is 0.587. The molecule has 2 aromatic heterocycles. The Hall–Kier alpha value is -3.09. The van der Waals surface area contributed by atoms with Crippen LogP contribution in [0.15, 0.2) is 55.1 Å². The standard InChI is InChI=1S/C16H13F2N5/c17-13-2-1-12(7-14(13)18)23-16-8-15(21-10-22-16)20-9-11-3-5-19-6-4-11/h1-8,10H,9H2,(H2,20,21,22,23). The van der Waals surface area contributed by atoms with Gasteiger partial charge in [-0.15, -0.1) is 0 Å². The highest BCUT2D eigenvalue weighted by atomic mass is 19.2. The number of hydrogen-bond acceptors (Lipinski definition) is 5. The van der Waals surface area contributed by atoms with Gasteiger partial charge in [-0.25, -0.2) is 18.7 Å². The molecule has 0 saturated heterocycles. The average Bonchev–Trinajstić information content (AvgIpc) is 2.58. The van der Waals surface area contributed by atoms with E-state index < -0.39 is 11.6 Å². The van der Waals surface area contributed by atoms with Crippen LogP contribution in [0.4, 0.5) is 26.1 Å². The van der Waals surface area contributed by atoms with E-state index in [1.165, 1.54) is 12.4 Å².